The highest BCUT2D eigenvalue weighted by Crippen LogP contribution is 2.45. The number of fused-ring (bicyclic) bond motifs is 6. The molecule has 446 valence electrons. The van der Waals surface area contributed by atoms with Crippen LogP contribution in [-0.4, -0.2) is 0 Å². The van der Waals surface area contributed by atoms with E-state index in [1.165, 1.54) is 154 Å². The van der Waals surface area contributed by atoms with Crippen molar-refractivity contribution in [1.29, 1.82) is 0 Å². The second kappa shape index (κ2) is 23.9. The third kappa shape index (κ3) is 10.8. The van der Waals surface area contributed by atoms with Crippen LogP contribution in [0.5, 0.6) is 0 Å². The number of benzene rings is 18. The lowest BCUT2D eigenvalue weighted by molar-refractivity contribution is 1.55. The van der Waals surface area contributed by atoms with Crippen molar-refractivity contribution in [1.82, 2.24) is 0 Å². The minimum Gasteiger partial charge on any atom is -0.0622 e. The zero-order valence-electron chi connectivity index (χ0n) is 52.8. The zero-order chi connectivity index (χ0) is 63.5. The quantitative estimate of drug-likeness (QED) is 0.121. The number of rotatable bonds is 11. The number of hydrogen-bond donors (Lipinski definition) is 0. The molecule has 18 aromatic rings. The van der Waals surface area contributed by atoms with Crippen LogP contribution in [0.25, 0.3) is 187 Å². The van der Waals surface area contributed by atoms with Gasteiger partial charge in [-0.05, 0) is 296 Å². The highest BCUT2D eigenvalue weighted by Gasteiger charge is 2.19. The molecule has 0 nitrogen and oxygen atoms in total. The van der Waals surface area contributed by atoms with Gasteiger partial charge in [-0.25, -0.2) is 0 Å². The Kier molecular flexibility index (Phi) is 14.0. The summed E-state index contributed by atoms with van der Waals surface area (Å²) in [4.78, 5) is 0. The van der Waals surface area contributed by atoms with E-state index in [0.29, 0.717) is 0 Å². The zero-order valence-corrected chi connectivity index (χ0v) is 52.8. The van der Waals surface area contributed by atoms with Gasteiger partial charge in [-0.1, -0.05) is 267 Å². The molecule has 0 spiro atoms. The minimum absolute atomic E-state index is 1.14. The summed E-state index contributed by atoms with van der Waals surface area (Å²) in [7, 11) is 0. The van der Waals surface area contributed by atoms with Crippen molar-refractivity contribution in [2.24, 2.45) is 0 Å². The van der Waals surface area contributed by atoms with E-state index in [9.17, 15) is 0 Å². The van der Waals surface area contributed by atoms with Gasteiger partial charge in [0.2, 0.25) is 0 Å². The molecule has 0 aliphatic rings. The molecule has 0 atom stereocenters. The Hall–Kier alpha value is -12.5. The molecule has 18 aromatic carbocycles. The Morgan fingerprint density at radius 2 is 0.302 bits per heavy atom. The monoisotopic (exact) mass is 1210 g/mol. The third-order valence-corrected chi connectivity index (χ3v) is 19.7. The molecule has 0 N–H and O–H groups in total. The first-order valence-electron chi connectivity index (χ1n) is 33.2. The summed E-state index contributed by atoms with van der Waals surface area (Å²) in [6.07, 6.45) is 0. The number of hydrogen-bond acceptors (Lipinski definition) is 0. The first kappa shape index (κ1) is 56.3. The molecule has 0 radical (unpaired) electrons. The fourth-order valence-corrected chi connectivity index (χ4v) is 14.6. The van der Waals surface area contributed by atoms with Gasteiger partial charge in [0, 0.05) is 0 Å². The van der Waals surface area contributed by atoms with Crippen LogP contribution in [0.3, 0.4) is 0 Å². The predicted octanol–water partition coefficient (Wildman–Crippen LogP) is 26.9. The standard InChI is InChI=1S/C96H62/c1-3-17-63(18-4-1)83-53-84(64-19-5-2-6-20-64)55-85(54-83)75-31-15-29-73(49-75)74-30-16-32-76(50-74)86-56-91(95-61-87(81-39-35-67-23-9-13-27-71(67)47-81)58-89-51-79(41-43-93(89)95)77-37-33-65-21-7-11-25-69(65)45-77)60-92(57-86)96-62-88(82-40-36-68-24-10-14-28-72(68)48-82)59-90-52-80(42-44-94(90)96)78-38-34-66-22-8-12-26-70(66)46-78/h1-62H. The van der Waals surface area contributed by atoms with Gasteiger partial charge in [0.15, 0.2) is 0 Å². The summed E-state index contributed by atoms with van der Waals surface area (Å²) in [5, 5.41) is 14.6. The predicted molar refractivity (Wildman–Crippen MR) is 411 cm³/mol. The lowest BCUT2D eigenvalue weighted by Gasteiger charge is -2.18. The first-order valence-corrected chi connectivity index (χ1v) is 33.2. The van der Waals surface area contributed by atoms with Crippen molar-refractivity contribution < 1.29 is 0 Å². The van der Waals surface area contributed by atoms with E-state index in [1.807, 2.05) is 0 Å². The van der Waals surface area contributed by atoms with E-state index in [4.69, 9.17) is 0 Å². The molecule has 0 unspecified atom stereocenters. The fraction of sp³-hybridized carbons (Fsp3) is 0. The topological polar surface area (TPSA) is 0 Å². The maximum Gasteiger partial charge on any atom is -0.00988 e. The lowest BCUT2D eigenvalue weighted by atomic mass is 9.86. The molecule has 0 aliphatic carbocycles. The maximum absolute atomic E-state index is 2.47. The van der Waals surface area contributed by atoms with E-state index >= 15 is 0 Å². The molecule has 0 heterocycles. The third-order valence-electron chi connectivity index (χ3n) is 19.7. The summed E-state index contributed by atoms with van der Waals surface area (Å²) in [6, 6.07) is 140. The molecular formula is C96H62. The van der Waals surface area contributed by atoms with E-state index < -0.39 is 0 Å². The first-order chi connectivity index (χ1) is 47.5. The highest BCUT2D eigenvalue weighted by molar-refractivity contribution is 6.07. The van der Waals surface area contributed by atoms with Crippen LogP contribution in [0.1, 0.15) is 0 Å². The van der Waals surface area contributed by atoms with Gasteiger partial charge in [0.25, 0.3) is 0 Å². The molecule has 0 amide bonds. The van der Waals surface area contributed by atoms with Gasteiger partial charge < -0.3 is 0 Å². The van der Waals surface area contributed by atoms with Crippen LogP contribution in [-0.2, 0) is 0 Å². The molecule has 0 heteroatoms. The van der Waals surface area contributed by atoms with Gasteiger partial charge in [-0.15, -0.1) is 0 Å². The Labute approximate surface area is 559 Å². The van der Waals surface area contributed by atoms with Crippen LogP contribution in [0.15, 0.2) is 376 Å². The van der Waals surface area contributed by atoms with E-state index in [-0.39, 0.29) is 0 Å². The van der Waals surface area contributed by atoms with Crippen molar-refractivity contribution >= 4 is 64.6 Å². The molecule has 0 aliphatic heterocycles. The van der Waals surface area contributed by atoms with Crippen molar-refractivity contribution in [3.63, 3.8) is 0 Å². The molecule has 0 saturated heterocycles. The lowest BCUT2D eigenvalue weighted by Crippen LogP contribution is -1.92. The molecule has 96 heavy (non-hydrogen) atoms. The molecule has 0 fully saturated rings. The van der Waals surface area contributed by atoms with Crippen LogP contribution >= 0.6 is 0 Å². The Morgan fingerprint density at radius 3 is 0.656 bits per heavy atom. The van der Waals surface area contributed by atoms with E-state index in [0.717, 1.165) is 33.4 Å². The largest absolute Gasteiger partial charge is 0.0622 e. The molecule has 0 bridgehead atoms. The average Bonchev–Trinajstić information content (AvgIpc) is 0.775. The van der Waals surface area contributed by atoms with E-state index in [2.05, 4.69) is 376 Å². The van der Waals surface area contributed by atoms with Crippen molar-refractivity contribution in [3.05, 3.63) is 376 Å². The maximum atomic E-state index is 2.47. The summed E-state index contributed by atoms with van der Waals surface area (Å²) in [6.45, 7) is 0. The second-order valence-electron chi connectivity index (χ2n) is 25.7. The van der Waals surface area contributed by atoms with E-state index in [1.54, 1.807) is 0 Å². The summed E-state index contributed by atoms with van der Waals surface area (Å²) in [5.41, 5.74) is 25.8. The van der Waals surface area contributed by atoms with Crippen LogP contribution in [0.2, 0.25) is 0 Å². The molecule has 18 rings (SSSR count). The van der Waals surface area contributed by atoms with Gasteiger partial charge in [0.1, 0.15) is 0 Å². The summed E-state index contributed by atoms with van der Waals surface area (Å²) in [5.74, 6) is 0. The smallest absolute Gasteiger partial charge is 0.00988 e. The fourth-order valence-electron chi connectivity index (χ4n) is 14.6. The molecule has 0 aromatic heterocycles. The van der Waals surface area contributed by atoms with Crippen molar-refractivity contribution in [3.8, 4) is 122 Å². The van der Waals surface area contributed by atoms with Crippen LogP contribution in [0, 0.1) is 0 Å². The second-order valence-corrected chi connectivity index (χ2v) is 25.7. The van der Waals surface area contributed by atoms with Gasteiger partial charge in [0.05, 0.1) is 0 Å². The average molecular weight is 1220 g/mol. The van der Waals surface area contributed by atoms with Crippen LogP contribution in [0.4, 0.5) is 0 Å². The molecule has 0 saturated carbocycles. The van der Waals surface area contributed by atoms with Crippen LogP contribution < -0.4 is 0 Å². The summed E-state index contributed by atoms with van der Waals surface area (Å²) < 4.78 is 0. The van der Waals surface area contributed by atoms with Crippen molar-refractivity contribution in [2.75, 3.05) is 0 Å². The Bertz CT molecular complexity index is 5740. The molecular weight excluding hydrogens is 1150 g/mol. The summed E-state index contributed by atoms with van der Waals surface area (Å²) >= 11 is 0. The normalized spacial score (nSPS) is 11.5. The van der Waals surface area contributed by atoms with Crippen molar-refractivity contribution in [2.45, 2.75) is 0 Å². The Balaban J connectivity index is 0.850. The van der Waals surface area contributed by atoms with Gasteiger partial charge in [-0.3, -0.25) is 0 Å². The Morgan fingerprint density at radius 1 is 0.0938 bits per heavy atom. The SMILES string of the molecule is c1ccc(-c2cc(-c3ccccc3)cc(-c3cccc(-c4cccc(-c5cc(-c6cc(-c7ccc8ccccc8c7)cc7cc(-c8ccc9ccccc9c8)ccc67)cc(-c6cc(-c7ccc8ccccc8c7)cc7cc(-c8ccc9ccccc9c8)ccc67)c5)c4)c3)c2)cc1. The minimum atomic E-state index is 1.14. The highest BCUT2D eigenvalue weighted by atomic mass is 14.2. The van der Waals surface area contributed by atoms with Gasteiger partial charge >= 0.3 is 0 Å². The van der Waals surface area contributed by atoms with Gasteiger partial charge in [-0.2, -0.15) is 0 Å².